The summed E-state index contributed by atoms with van der Waals surface area (Å²) in [7, 11) is 0. The number of aliphatic hydroxyl groups excluding tert-OH is 1. The number of rotatable bonds is 7. The number of aromatic nitrogens is 2. The molecule has 1 aromatic heterocycles. The molecule has 1 aliphatic heterocycles. The number of piperazine rings is 1. The second-order valence-corrected chi connectivity index (χ2v) is 7.62. The van der Waals surface area contributed by atoms with Gasteiger partial charge in [-0.15, -0.1) is 0 Å². The second kappa shape index (κ2) is 8.09. The molecule has 0 aromatic carbocycles. The summed E-state index contributed by atoms with van der Waals surface area (Å²) in [6, 6.07) is 2.46. The minimum atomic E-state index is 0.284. The van der Waals surface area contributed by atoms with Gasteiger partial charge in [-0.2, -0.15) is 5.10 Å². The van der Waals surface area contributed by atoms with Gasteiger partial charge in [0.25, 0.3) is 0 Å². The number of aliphatic hydroxyl groups is 1. The lowest BCUT2D eigenvalue weighted by molar-refractivity contribution is 0.0363. The highest BCUT2D eigenvalue weighted by atomic mass is 16.3. The standard InChI is InChI=1S/C17H32N4O/c1-17(2,3)15-20-12-11-19(14-16(20)6-13-22)8-5-10-21-9-4-7-18-21/h4,7,9,16,22H,5-6,8,10-15H2,1-3H3. The van der Waals surface area contributed by atoms with Crippen molar-refractivity contribution in [2.24, 2.45) is 5.41 Å². The molecular formula is C17H32N4O. The maximum absolute atomic E-state index is 9.37. The Hall–Kier alpha value is -0.910. The molecule has 0 radical (unpaired) electrons. The Labute approximate surface area is 134 Å². The van der Waals surface area contributed by atoms with Crippen LogP contribution in [0.4, 0.5) is 0 Å². The molecule has 5 nitrogen and oxygen atoms in total. The Morgan fingerprint density at radius 2 is 2.05 bits per heavy atom. The molecule has 1 atom stereocenters. The largest absolute Gasteiger partial charge is 0.396 e. The van der Waals surface area contributed by atoms with Gasteiger partial charge in [-0.3, -0.25) is 9.58 Å². The van der Waals surface area contributed by atoms with Crippen LogP contribution in [0.5, 0.6) is 0 Å². The van der Waals surface area contributed by atoms with Crippen molar-refractivity contribution in [2.75, 3.05) is 39.3 Å². The summed E-state index contributed by atoms with van der Waals surface area (Å²) in [5, 5.41) is 13.6. The van der Waals surface area contributed by atoms with Crippen molar-refractivity contribution in [3.8, 4) is 0 Å². The monoisotopic (exact) mass is 308 g/mol. The molecule has 0 spiro atoms. The van der Waals surface area contributed by atoms with E-state index in [2.05, 4.69) is 35.7 Å². The van der Waals surface area contributed by atoms with Crippen molar-refractivity contribution in [3.05, 3.63) is 18.5 Å². The van der Waals surface area contributed by atoms with Crippen molar-refractivity contribution >= 4 is 0 Å². The molecule has 0 aliphatic carbocycles. The van der Waals surface area contributed by atoms with Gasteiger partial charge in [0.15, 0.2) is 0 Å². The van der Waals surface area contributed by atoms with Crippen LogP contribution in [0, 0.1) is 5.41 Å². The zero-order chi connectivity index (χ0) is 16.0. The smallest absolute Gasteiger partial charge is 0.0489 e. The Morgan fingerprint density at radius 1 is 1.23 bits per heavy atom. The molecule has 2 heterocycles. The van der Waals surface area contributed by atoms with Crippen molar-refractivity contribution in [2.45, 2.75) is 46.2 Å². The van der Waals surface area contributed by atoms with E-state index in [1.807, 2.05) is 23.1 Å². The van der Waals surface area contributed by atoms with E-state index < -0.39 is 0 Å². The summed E-state index contributed by atoms with van der Waals surface area (Å²) in [5.74, 6) is 0. The molecular weight excluding hydrogens is 276 g/mol. The molecule has 1 saturated heterocycles. The first-order valence-electron chi connectivity index (χ1n) is 8.52. The van der Waals surface area contributed by atoms with E-state index in [0.29, 0.717) is 11.5 Å². The van der Waals surface area contributed by atoms with E-state index in [1.54, 1.807) is 0 Å². The molecule has 126 valence electrons. The highest BCUT2D eigenvalue weighted by Gasteiger charge is 2.29. The van der Waals surface area contributed by atoms with Crippen LogP contribution in [0.25, 0.3) is 0 Å². The van der Waals surface area contributed by atoms with Crippen LogP contribution in [-0.2, 0) is 6.54 Å². The topological polar surface area (TPSA) is 44.5 Å². The first-order chi connectivity index (χ1) is 10.5. The SMILES string of the molecule is CC(C)(C)CN1CCN(CCCn2cccn2)CC1CCO. The Morgan fingerprint density at radius 3 is 2.68 bits per heavy atom. The van der Waals surface area contributed by atoms with Crippen LogP contribution in [0.3, 0.4) is 0 Å². The van der Waals surface area contributed by atoms with Crippen LogP contribution in [0.1, 0.15) is 33.6 Å². The zero-order valence-electron chi connectivity index (χ0n) is 14.4. The van der Waals surface area contributed by atoms with E-state index in [0.717, 1.165) is 52.1 Å². The third-order valence-electron chi connectivity index (χ3n) is 4.25. The Kier molecular flexibility index (Phi) is 6.41. The fraction of sp³-hybridized carbons (Fsp3) is 0.824. The zero-order valence-corrected chi connectivity index (χ0v) is 14.4. The van der Waals surface area contributed by atoms with Gasteiger partial charge in [0.1, 0.15) is 0 Å². The van der Waals surface area contributed by atoms with Gasteiger partial charge in [-0.1, -0.05) is 20.8 Å². The lowest BCUT2D eigenvalue weighted by Gasteiger charge is -2.44. The summed E-state index contributed by atoms with van der Waals surface area (Å²) in [6.07, 6.45) is 5.87. The lowest BCUT2D eigenvalue weighted by Crippen LogP contribution is -2.55. The molecule has 1 N–H and O–H groups in total. The maximum atomic E-state index is 9.37. The number of hydrogen-bond donors (Lipinski definition) is 1. The van der Waals surface area contributed by atoms with Crippen molar-refractivity contribution in [3.63, 3.8) is 0 Å². The number of hydrogen-bond acceptors (Lipinski definition) is 4. The molecule has 0 amide bonds. The van der Waals surface area contributed by atoms with Crippen molar-refractivity contribution in [1.29, 1.82) is 0 Å². The summed E-state index contributed by atoms with van der Waals surface area (Å²) in [4.78, 5) is 5.11. The van der Waals surface area contributed by atoms with Crippen molar-refractivity contribution in [1.82, 2.24) is 19.6 Å². The van der Waals surface area contributed by atoms with E-state index in [4.69, 9.17) is 0 Å². The molecule has 1 aromatic rings. The van der Waals surface area contributed by atoms with Gasteiger partial charge in [0.05, 0.1) is 0 Å². The van der Waals surface area contributed by atoms with Crippen LogP contribution in [0.15, 0.2) is 18.5 Å². The third kappa shape index (κ3) is 5.71. The van der Waals surface area contributed by atoms with Gasteiger partial charge >= 0.3 is 0 Å². The lowest BCUT2D eigenvalue weighted by atomic mass is 9.94. The van der Waals surface area contributed by atoms with Gasteiger partial charge in [0, 0.05) is 64.3 Å². The van der Waals surface area contributed by atoms with Crippen LogP contribution < -0.4 is 0 Å². The predicted molar refractivity (Wildman–Crippen MR) is 89.8 cm³/mol. The third-order valence-corrected chi connectivity index (χ3v) is 4.25. The highest BCUT2D eigenvalue weighted by molar-refractivity contribution is 4.85. The van der Waals surface area contributed by atoms with Crippen LogP contribution >= 0.6 is 0 Å². The molecule has 2 rings (SSSR count). The van der Waals surface area contributed by atoms with Gasteiger partial charge in [0.2, 0.25) is 0 Å². The van der Waals surface area contributed by atoms with E-state index in [1.165, 1.54) is 0 Å². The summed E-state index contributed by atoms with van der Waals surface area (Å²) >= 11 is 0. The average Bonchev–Trinajstić information content (AvgIpc) is 2.94. The molecule has 1 fully saturated rings. The molecule has 0 bridgehead atoms. The normalized spacial score (nSPS) is 21.4. The van der Waals surface area contributed by atoms with Crippen LogP contribution in [0.2, 0.25) is 0 Å². The van der Waals surface area contributed by atoms with E-state index >= 15 is 0 Å². The Balaban J connectivity index is 1.78. The van der Waals surface area contributed by atoms with E-state index in [-0.39, 0.29) is 6.61 Å². The summed E-state index contributed by atoms with van der Waals surface area (Å²) < 4.78 is 2.00. The fourth-order valence-electron chi connectivity index (χ4n) is 3.29. The minimum absolute atomic E-state index is 0.284. The maximum Gasteiger partial charge on any atom is 0.0489 e. The van der Waals surface area contributed by atoms with Crippen LogP contribution in [-0.4, -0.2) is 70.1 Å². The molecule has 1 aliphatic rings. The number of nitrogens with zero attached hydrogens (tertiary/aromatic N) is 4. The average molecular weight is 308 g/mol. The van der Waals surface area contributed by atoms with Gasteiger partial charge in [-0.05, 0) is 24.3 Å². The molecule has 5 heteroatoms. The summed E-state index contributed by atoms with van der Waals surface area (Å²) in [5.41, 5.74) is 0.315. The molecule has 0 saturated carbocycles. The first kappa shape index (κ1) is 17.4. The fourth-order valence-corrected chi connectivity index (χ4v) is 3.29. The van der Waals surface area contributed by atoms with E-state index in [9.17, 15) is 5.11 Å². The number of aryl methyl sites for hydroxylation is 1. The Bertz CT molecular complexity index is 413. The van der Waals surface area contributed by atoms with Gasteiger partial charge < -0.3 is 10.0 Å². The summed E-state index contributed by atoms with van der Waals surface area (Å²) in [6.45, 7) is 13.7. The quantitative estimate of drug-likeness (QED) is 0.832. The van der Waals surface area contributed by atoms with Gasteiger partial charge in [-0.25, -0.2) is 0 Å². The highest BCUT2D eigenvalue weighted by Crippen LogP contribution is 2.21. The predicted octanol–water partition coefficient (Wildman–Crippen LogP) is 1.69. The molecule has 1 unspecified atom stereocenters. The van der Waals surface area contributed by atoms with Crippen molar-refractivity contribution < 1.29 is 5.11 Å². The minimum Gasteiger partial charge on any atom is -0.396 e. The molecule has 22 heavy (non-hydrogen) atoms. The second-order valence-electron chi connectivity index (χ2n) is 7.62. The first-order valence-corrected chi connectivity index (χ1v) is 8.52.